The first-order valence-corrected chi connectivity index (χ1v) is 9.37. The average molecular weight is 380 g/mol. The van der Waals surface area contributed by atoms with Crippen LogP contribution in [-0.4, -0.2) is 21.6 Å². The number of hydrogen-bond acceptors (Lipinski definition) is 5. The maximum absolute atomic E-state index is 12.4. The number of hydrogen-bond donors (Lipinski definition) is 3. The monoisotopic (exact) mass is 380 g/mol. The van der Waals surface area contributed by atoms with Crippen LogP contribution in [0.25, 0.3) is 11.1 Å². The van der Waals surface area contributed by atoms with Crippen LogP contribution in [0.15, 0.2) is 58.5 Å². The Morgan fingerprint density at radius 3 is 2.63 bits per heavy atom. The van der Waals surface area contributed by atoms with Gasteiger partial charge >= 0.3 is 0 Å². The number of aromatic nitrogens is 2. The molecule has 0 unspecified atom stereocenters. The predicted molar refractivity (Wildman–Crippen MR) is 110 cm³/mol. The van der Waals surface area contributed by atoms with Crippen LogP contribution in [0.2, 0.25) is 0 Å². The number of nitrogens with two attached hydrogens (primary N) is 1. The highest BCUT2D eigenvalue weighted by Crippen LogP contribution is 2.22. The molecule has 0 atom stereocenters. The Bertz CT molecular complexity index is 1030. The van der Waals surface area contributed by atoms with Gasteiger partial charge in [0.15, 0.2) is 5.16 Å². The zero-order valence-electron chi connectivity index (χ0n) is 15.1. The van der Waals surface area contributed by atoms with Crippen molar-refractivity contribution in [3.05, 3.63) is 70.0 Å². The zero-order chi connectivity index (χ0) is 19.4. The van der Waals surface area contributed by atoms with E-state index in [-0.39, 0.29) is 23.0 Å². The maximum Gasteiger partial charge on any atom is 0.261 e. The molecule has 0 aliphatic heterocycles. The second-order valence-electron chi connectivity index (χ2n) is 6.15. The van der Waals surface area contributed by atoms with Gasteiger partial charge in [0.05, 0.1) is 11.3 Å². The summed E-state index contributed by atoms with van der Waals surface area (Å²) < 4.78 is 0. The number of carbonyl (C=O) groups excluding carboxylic acids is 1. The molecule has 4 N–H and O–H groups in total. The van der Waals surface area contributed by atoms with Crippen molar-refractivity contribution in [3.63, 3.8) is 0 Å². The lowest BCUT2D eigenvalue weighted by Gasteiger charge is -2.10. The summed E-state index contributed by atoms with van der Waals surface area (Å²) in [6, 6.07) is 15.0. The number of benzene rings is 2. The van der Waals surface area contributed by atoms with E-state index in [1.807, 2.05) is 50.2 Å². The summed E-state index contributed by atoms with van der Waals surface area (Å²) in [5.74, 6) is 0.0740. The van der Waals surface area contributed by atoms with Gasteiger partial charge in [-0.3, -0.25) is 9.59 Å². The number of amides is 1. The molecule has 138 valence electrons. The molecule has 1 heterocycles. The topological polar surface area (TPSA) is 101 Å². The van der Waals surface area contributed by atoms with Gasteiger partial charge in [0.25, 0.3) is 5.56 Å². The molecule has 0 spiro atoms. The predicted octanol–water partition coefficient (Wildman–Crippen LogP) is 3.37. The summed E-state index contributed by atoms with van der Waals surface area (Å²) >= 11 is 1.13. The lowest BCUT2D eigenvalue weighted by atomic mass is 10.1. The molecule has 6 nitrogen and oxygen atoms in total. The van der Waals surface area contributed by atoms with E-state index in [0.29, 0.717) is 16.3 Å². The molecule has 0 aliphatic rings. The van der Waals surface area contributed by atoms with Gasteiger partial charge in [-0.1, -0.05) is 54.2 Å². The number of carbonyl (C=O) groups is 1. The molecule has 0 aliphatic carbocycles. The van der Waals surface area contributed by atoms with Gasteiger partial charge in [-0.25, -0.2) is 4.98 Å². The van der Waals surface area contributed by atoms with Gasteiger partial charge in [0.2, 0.25) is 5.91 Å². The fourth-order valence-corrected chi connectivity index (χ4v) is 3.28. The van der Waals surface area contributed by atoms with Crippen LogP contribution in [0.3, 0.4) is 0 Å². The van der Waals surface area contributed by atoms with E-state index in [4.69, 9.17) is 5.73 Å². The summed E-state index contributed by atoms with van der Waals surface area (Å²) in [7, 11) is 0. The van der Waals surface area contributed by atoms with Crippen LogP contribution in [0.5, 0.6) is 0 Å². The van der Waals surface area contributed by atoms with Gasteiger partial charge in [0.1, 0.15) is 5.82 Å². The summed E-state index contributed by atoms with van der Waals surface area (Å²) in [5.41, 5.74) is 9.52. The third-order valence-electron chi connectivity index (χ3n) is 4.00. The Labute approximate surface area is 161 Å². The summed E-state index contributed by atoms with van der Waals surface area (Å²) in [5, 5.41) is 3.19. The zero-order valence-corrected chi connectivity index (χ0v) is 15.9. The van der Waals surface area contributed by atoms with Crippen molar-refractivity contribution in [2.24, 2.45) is 0 Å². The number of aromatic amines is 1. The molecule has 3 aromatic rings. The molecule has 1 amide bonds. The van der Waals surface area contributed by atoms with Crippen molar-refractivity contribution < 1.29 is 4.79 Å². The van der Waals surface area contributed by atoms with Crippen LogP contribution in [0, 0.1) is 13.8 Å². The lowest BCUT2D eigenvalue weighted by molar-refractivity contribution is -0.113. The Morgan fingerprint density at radius 1 is 1.19 bits per heavy atom. The van der Waals surface area contributed by atoms with E-state index >= 15 is 0 Å². The Hall–Kier alpha value is -3.06. The fraction of sp³-hybridized carbons (Fsp3) is 0.150. The normalized spacial score (nSPS) is 10.6. The first-order chi connectivity index (χ1) is 12.9. The van der Waals surface area contributed by atoms with Crippen molar-refractivity contribution in [1.82, 2.24) is 9.97 Å². The van der Waals surface area contributed by atoms with E-state index in [2.05, 4.69) is 15.3 Å². The fourth-order valence-electron chi connectivity index (χ4n) is 2.61. The van der Waals surface area contributed by atoms with Crippen molar-refractivity contribution in [1.29, 1.82) is 0 Å². The number of nitrogens with one attached hydrogen (secondary N) is 2. The molecule has 0 bridgehead atoms. The Kier molecular flexibility index (Phi) is 5.61. The molecule has 0 saturated heterocycles. The van der Waals surface area contributed by atoms with E-state index in [1.165, 1.54) is 0 Å². The van der Waals surface area contributed by atoms with Crippen LogP contribution < -0.4 is 16.6 Å². The molecule has 0 fully saturated rings. The van der Waals surface area contributed by atoms with Crippen molar-refractivity contribution in [3.8, 4) is 11.1 Å². The number of thioether (sulfide) groups is 1. The van der Waals surface area contributed by atoms with Crippen LogP contribution in [-0.2, 0) is 4.79 Å². The third-order valence-corrected chi connectivity index (χ3v) is 4.87. The molecule has 7 heteroatoms. The minimum absolute atomic E-state index is 0.112. The molecular weight excluding hydrogens is 360 g/mol. The SMILES string of the molecule is Cc1ccc(C)c(NC(=O)CSc2nc(N)c(-c3ccccc3)c(=O)[nH]2)c1. The largest absolute Gasteiger partial charge is 0.383 e. The van der Waals surface area contributed by atoms with Crippen molar-refractivity contribution in [2.45, 2.75) is 19.0 Å². The molecule has 0 radical (unpaired) electrons. The van der Waals surface area contributed by atoms with Gasteiger partial charge < -0.3 is 16.0 Å². The smallest absolute Gasteiger partial charge is 0.261 e. The first kappa shape index (κ1) is 18.7. The number of nitrogens with zero attached hydrogens (tertiary/aromatic N) is 1. The number of aryl methyl sites for hydroxylation is 2. The molecular formula is C20H20N4O2S. The van der Waals surface area contributed by atoms with E-state index in [9.17, 15) is 9.59 Å². The number of nitrogen functional groups attached to an aromatic ring is 1. The Balaban J connectivity index is 1.70. The quantitative estimate of drug-likeness (QED) is 0.465. The van der Waals surface area contributed by atoms with Gasteiger partial charge in [-0.15, -0.1) is 0 Å². The van der Waals surface area contributed by atoms with Crippen LogP contribution >= 0.6 is 11.8 Å². The minimum atomic E-state index is -0.328. The van der Waals surface area contributed by atoms with E-state index in [1.54, 1.807) is 12.1 Å². The van der Waals surface area contributed by atoms with E-state index in [0.717, 1.165) is 28.6 Å². The van der Waals surface area contributed by atoms with Crippen molar-refractivity contribution >= 4 is 29.2 Å². The summed E-state index contributed by atoms with van der Waals surface area (Å²) in [6.45, 7) is 3.90. The van der Waals surface area contributed by atoms with Gasteiger partial charge in [-0.05, 0) is 36.6 Å². The van der Waals surface area contributed by atoms with Crippen molar-refractivity contribution in [2.75, 3.05) is 16.8 Å². The molecule has 3 rings (SSSR count). The molecule has 0 saturated carbocycles. The third kappa shape index (κ3) is 4.57. The average Bonchev–Trinajstić information content (AvgIpc) is 2.63. The first-order valence-electron chi connectivity index (χ1n) is 8.39. The van der Waals surface area contributed by atoms with Gasteiger partial charge in [0, 0.05) is 5.69 Å². The summed E-state index contributed by atoms with van der Waals surface area (Å²) in [4.78, 5) is 31.5. The summed E-state index contributed by atoms with van der Waals surface area (Å²) in [6.07, 6.45) is 0. The highest BCUT2D eigenvalue weighted by atomic mass is 32.2. The number of rotatable bonds is 5. The highest BCUT2D eigenvalue weighted by molar-refractivity contribution is 7.99. The lowest BCUT2D eigenvalue weighted by Crippen LogP contribution is -2.18. The number of H-pyrrole nitrogens is 1. The second kappa shape index (κ2) is 8.09. The Morgan fingerprint density at radius 2 is 1.93 bits per heavy atom. The highest BCUT2D eigenvalue weighted by Gasteiger charge is 2.13. The molecule has 27 heavy (non-hydrogen) atoms. The maximum atomic E-state index is 12.4. The standard InChI is InChI=1S/C20H20N4O2S/c1-12-8-9-13(2)15(10-12)22-16(25)11-27-20-23-18(21)17(19(26)24-20)14-6-4-3-5-7-14/h3-10H,11H2,1-2H3,(H,22,25)(H3,21,23,24,26). The minimum Gasteiger partial charge on any atom is -0.383 e. The molecule has 1 aromatic heterocycles. The van der Waals surface area contributed by atoms with Crippen LogP contribution in [0.4, 0.5) is 11.5 Å². The second-order valence-corrected chi connectivity index (χ2v) is 7.12. The van der Waals surface area contributed by atoms with E-state index < -0.39 is 0 Å². The number of anilines is 2. The molecule has 2 aromatic carbocycles. The van der Waals surface area contributed by atoms with Crippen LogP contribution in [0.1, 0.15) is 11.1 Å². The van der Waals surface area contributed by atoms with Gasteiger partial charge in [-0.2, -0.15) is 0 Å².